The molecule has 1 aromatic heterocycles. The van der Waals surface area contributed by atoms with Crippen LogP contribution in [-0.2, 0) is 12.8 Å². The molecular weight excluding hydrogens is 154 g/mol. The van der Waals surface area contributed by atoms with Gasteiger partial charge in [-0.2, -0.15) is 0 Å². The molecular formula is C9H9NO2. The van der Waals surface area contributed by atoms with E-state index in [0.717, 1.165) is 30.5 Å². The summed E-state index contributed by atoms with van der Waals surface area (Å²) >= 11 is 0. The quantitative estimate of drug-likeness (QED) is 0.678. The number of aromatic carboxylic acids is 1. The molecule has 1 aliphatic carbocycles. The summed E-state index contributed by atoms with van der Waals surface area (Å²) in [5.41, 5.74) is 2.48. The minimum atomic E-state index is -0.891. The maximum atomic E-state index is 10.6. The Balaban J connectivity index is 2.45. The summed E-state index contributed by atoms with van der Waals surface area (Å²) in [6.45, 7) is 0. The van der Waals surface area contributed by atoms with Gasteiger partial charge in [0.25, 0.3) is 0 Å². The van der Waals surface area contributed by atoms with Gasteiger partial charge in [-0.15, -0.1) is 0 Å². The first-order chi connectivity index (χ1) is 5.77. The van der Waals surface area contributed by atoms with Gasteiger partial charge in [-0.05, 0) is 30.9 Å². The van der Waals surface area contributed by atoms with Gasteiger partial charge in [0.05, 0.1) is 5.56 Å². The Hall–Kier alpha value is -1.38. The Kier molecular flexibility index (Phi) is 1.57. The second-order valence-corrected chi connectivity index (χ2v) is 2.99. The molecule has 0 saturated heterocycles. The van der Waals surface area contributed by atoms with Gasteiger partial charge in [-0.25, -0.2) is 4.79 Å². The molecule has 0 radical (unpaired) electrons. The number of rotatable bonds is 1. The largest absolute Gasteiger partial charge is 0.478 e. The Morgan fingerprint density at radius 3 is 3.08 bits per heavy atom. The lowest BCUT2D eigenvalue weighted by Crippen LogP contribution is -1.99. The van der Waals surface area contributed by atoms with Crippen molar-refractivity contribution in [3.05, 3.63) is 29.1 Å². The molecule has 0 amide bonds. The molecule has 1 heterocycles. The molecule has 0 bridgehead atoms. The molecule has 2 rings (SSSR count). The molecule has 0 unspecified atom stereocenters. The van der Waals surface area contributed by atoms with Crippen LogP contribution in [0.1, 0.15) is 28.0 Å². The monoisotopic (exact) mass is 163 g/mol. The molecule has 3 heteroatoms. The molecule has 0 saturated carbocycles. The zero-order chi connectivity index (χ0) is 8.55. The normalized spacial score (nSPS) is 14.3. The molecule has 62 valence electrons. The average Bonchev–Trinajstić information content (AvgIpc) is 2.49. The summed E-state index contributed by atoms with van der Waals surface area (Å²) in [7, 11) is 0. The van der Waals surface area contributed by atoms with E-state index in [1.54, 1.807) is 6.07 Å². The van der Waals surface area contributed by atoms with E-state index in [0.29, 0.717) is 5.56 Å². The van der Waals surface area contributed by atoms with E-state index in [1.165, 1.54) is 6.20 Å². The standard InChI is InChI=1S/C9H9NO2/c11-9(12)7-4-6-2-1-3-8(6)10-5-7/h4-5H,1-3H2,(H,11,12). The second-order valence-electron chi connectivity index (χ2n) is 2.99. The van der Waals surface area contributed by atoms with Gasteiger partial charge in [0.1, 0.15) is 0 Å². The van der Waals surface area contributed by atoms with Gasteiger partial charge in [0, 0.05) is 11.9 Å². The van der Waals surface area contributed by atoms with Gasteiger partial charge in [0.15, 0.2) is 0 Å². The Morgan fingerprint density at radius 1 is 1.50 bits per heavy atom. The number of nitrogens with zero attached hydrogens (tertiary/aromatic N) is 1. The Bertz CT molecular complexity index is 333. The van der Waals surface area contributed by atoms with E-state index in [-0.39, 0.29) is 0 Å². The predicted molar refractivity (Wildman–Crippen MR) is 43.2 cm³/mol. The molecule has 0 atom stereocenters. The van der Waals surface area contributed by atoms with Crippen LogP contribution in [0.4, 0.5) is 0 Å². The van der Waals surface area contributed by atoms with Crippen molar-refractivity contribution >= 4 is 5.97 Å². The van der Waals surface area contributed by atoms with E-state index in [2.05, 4.69) is 4.98 Å². The van der Waals surface area contributed by atoms with Crippen molar-refractivity contribution in [2.75, 3.05) is 0 Å². The van der Waals surface area contributed by atoms with Crippen LogP contribution in [-0.4, -0.2) is 16.1 Å². The SMILES string of the molecule is O=C(O)c1cnc2c(c1)CCC2. The Labute approximate surface area is 70.1 Å². The van der Waals surface area contributed by atoms with E-state index in [4.69, 9.17) is 5.11 Å². The van der Waals surface area contributed by atoms with Crippen molar-refractivity contribution in [1.82, 2.24) is 4.98 Å². The van der Waals surface area contributed by atoms with Crippen LogP contribution < -0.4 is 0 Å². The number of aromatic nitrogens is 1. The predicted octanol–water partition coefficient (Wildman–Crippen LogP) is 1.27. The topological polar surface area (TPSA) is 50.2 Å². The molecule has 1 aromatic rings. The highest BCUT2D eigenvalue weighted by Gasteiger charge is 2.14. The summed E-state index contributed by atoms with van der Waals surface area (Å²) in [6.07, 6.45) is 4.51. The van der Waals surface area contributed by atoms with Crippen molar-refractivity contribution in [3.8, 4) is 0 Å². The molecule has 0 aliphatic heterocycles. The number of hydrogen-bond acceptors (Lipinski definition) is 2. The molecule has 0 aromatic carbocycles. The van der Waals surface area contributed by atoms with Crippen LogP contribution in [0.15, 0.2) is 12.3 Å². The lowest BCUT2D eigenvalue weighted by atomic mass is 10.1. The van der Waals surface area contributed by atoms with Gasteiger partial charge < -0.3 is 5.11 Å². The number of carbonyl (C=O) groups is 1. The first kappa shape index (κ1) is 7.28. The summed E-state index contributed by atoms with van der Waals surface area (Å²) in [4.78, 5) is 14.7. The smallest absolute Gasteiger partial charge is 0.337 e. The number of aryl methyl sites for hydroxylation is 2. The average molecular weight is 163 g/mol. The minimum absolute atomic E-state index is 0.302. The minimum Gasteiger partial charge on any atom is -0.478 e. The van der Waals surface area contributed by atoms with Crippen molar-refractivity contribution in [2.24, 2.45) is 0 Å². The van der Waals surface area contributed by atoms with Crippen LogP contribution >= 0.6 is 0 Å². The molecule has 0 fully saturated rings. The fourth-order valence-electron chi connectivity index (χ4n) is 1.54. The van der Waals surface area contributed by atoms with E-state index in [1.807, 2.05) is 0 Å². The van der Waals surface area contributed by atoms with Gasteiger partial charge in [-0.3, -0.25) is 4.98 Å². The molecule has 1 N–H and O–H groups in total. The molecule has 0 spiro atoms. The van der Waals surface area contributed by atoms with Crippen LogP contribution in [0.3, 0.4) is 0 Å². The molecule has 1 aliphatic rings. The van der Waals surface area contributed by atoms with Crippen molar-refractivity contribution < 1.29 is 9.90 Å². The summed E-state index contributed by atoms with van der Waals surface area (Å²) < 4.78 is 0. The third kappa shape index (κ3) is 1.07. The van der Waals surface area contributed by atoms with Gasteiger partial charge >= 0.3 is 5.97 Å². The van der Waals surface area contributed by atoms with Gasteiger partial charge in [-0.1, -0.05) is 0 Å². The number of fused-ring (bicyclic) bond motifs is 1. The maximum absolute atomic E-state index is 10.6. The van der Waals surface area contributed by atoms with Crippen LogP contribution in [0.2, 0.25) is 0 Å². The van der Waals surface area contributed by atoms with Gasteiger partial charge in [0.2, 0.25) is 0 Å². The fourth-order valence-corrected chi connectivity index (χ4v) is 1.54. The summed E-state index contributed by atoms with van der Waals surface area (Å²) in [6, 6.07) is 1.73. The number of hydrogen-bond donors (Lipinski definition) is 1. The van der Waals surface area contributed by atoms with E-state index < -0.39 is 5.97 Å². The first-order valence-electron chi connectivity index (χ1n) is 3.98. The third-order valence-corrected chi connectivity index (χ3v) is 2.17. The maximum Gasteiger partial charge on any atom is 0.337 e. The molecule has 12 heavy (non-hydrogen) atoms. The number of pyridine rings is 1. The zero-order valence-electron chi connectivity index (χ0n) is 6.58. The van der Waals surface area contributed by atoms with Crippen molar-refractivity contribution in [3.63, 3.8) is 0 Å². The van der Waals surface area contributed by atoms with E-state index in [9.17, 15) is 4.79 Å². The lowest BCUT2D eigenvalue weighted by Gasteiger charge is -1.98. The lowest BCUT2D eigenvalue weighted by molar-refractivity contribution is 0.0696. The highest BCUT2D eigenvalue weighted by Crippen LogP contribution is 2.20. The van der Waals surface area contributed by atoms with Crippen LogP contribution in [0, 0.1) is 0 Å². The zero-order valence-corrected chi connectivity index (χ0v) is 6.58. The van der Waals surface area contributed by atoms with E-state index >= 15 is 0 Å². The fraction of sp³-hybridized carbons (Fsp3) is 0.333. The summed E-state index contributed by atoms with van der Waals surface area (Å²) in [5, 5.41) is 8.68. The number of carboxylic acids is 1. The first-order valence-corrected chi connectivity index (χ1v) is 3.98. The van der Waals surface area contributed by atoms with Crippen molar-refractivity contribution in [1.29, 1.82) is 0 Å². The highest BCUT2D eigenvalue weighted by atomic mass is 16.4. The second kappa shape index (κ2) is 2.59. The Morgan fingerprint density at radius 2 is 2.33 bits per heavy atom. The van der Waals surface area contributed by atoms with Crippen LogP contribution in [0.25, 0.3) is 0 Å². The molecule has 3 nitrogen and oxygen atoms in total. The number of carboxylic acid groups (broad SMARTS) is 1. The highest BCUT2D eigenvalue weighted by molar-refractivity contribution is 5.87. The third-order valence-electron chi connectivity index (χ3n) is 2.17. The summed E-state index contributed by atoms with van der Waals surface area (Å²) in [5.74, 6) is -0.891. The van der Waals surface area contributed by atoms with Crippen LogP contribution in [0.5, 0.6) is 0 Å². The van der Waals surface area contributed by atoms with Crippen molar-refractivity contribution in [2.45, 2.75) is 19.3 Å².